The summed E-state index contributed by atoms with van der Waals surface area (Å²) >= 11 is 0. The Morgan fingerprint density at radius 3 is 2.70 bits per heavy atom. The molecule has 1 aromatic carbocycles. The number of aromatic nitrogens is 1. The minimum atomic E-state index is -0.714. The van der Waals surface area contributed by atoms with Crippen LogP contribution < -0.4 is 0 Å². The van der Waals surface area contributed by atoms with E-state index in [1.807, 2.05) is 6.20 Å². The Balaban J connectivity index is 1.94. The number of benzene rings is 1. The van der Waals surface area contributed by atoms with Crippen molar-refractivity contribution in [2.75, 3.05) is 0 Å². The third-order valence-electron chi connectivity index (χ3n) is 6.54. The summed E-state index contributed by atoms with van der Waals surface area (Å²) in [4.78, 5) is 3.23. The van der Waals surface area contributed by atoms with Crippen LogP contribution in [-0.2, 0) is 5.60 Å². The molecule has 0 saturated heterocycles. The predicted octanol–water partition coefficient (Wildman–Crippen LogP) is 4.20. The zero-order valence-corrected chi connectivity index (χ0v) is 12.5. The molecule has 1 aromatic heterocycles. The highest BCUT2D eigenvalue weighted by Crippen LogP contribution is 2.71. The van der Waals surface area contributed by atoms with E-state index >= 15 is 0 Å². The molecule has 20 heavy (non-hydrogen) atoms. The van der Waals surface area contributed by atoms with Gasteiger partial charge in [0.25, 0.3) is 0 Å². The van der Waals surface area contributed by atoms with E-state index in [2.05, 4.69) is 50.0 Å². The molecule has 0 aliphatic heterocycles. The number of rotatable bonds is 1. The van der Waals surface area contributed by atoms with E-state index in [9.17, 15) is 5.11 Å². The molecule has 0 amide bonds. The standard InChI is InChI=1S/C18H23NO/c1-16(2)14-6-8-17(3,11-14)18(16,20)13-4-5-15-12(10-13)7-9-19-15/h4-5,7,9-10,14,19-20H,6,8,11H2,1-3H3. The van der Waals surface area contributed by atoms with E-state index in [0.29, 0.717) is 5.92 Å². The first-order valence-corrected chi connectivity index (χ1v) is 7.68. The van der Waals surface area contributed by atoms with Crippen LogP contribution >= 0.6 is 0 Å². The van der Waals surface area contributed by atoms with Crippen molar-refractivity contribution in [3.63, 3.8) is 0 Å². The van der Waals surface area contributed by atoms with E-state index in [0.717, 1.165) is 23.9 Å². The van der Waals surface area contributed by atoms with Gasteiger partial charge in [-0.3, -0.25) is 0 Å². The molecule has 0 radical (unpaired) electrons. The molecule has 2 N–H and O–H groups in total. The molecular formula is C18H23NO. The summed E-state index contributed by atoms with van der Waals surface area (Å²) in [5, 5.41) is 12.9. The highest BCUT2D eigenvalue weighted by Gasteiger charge is 2.68. The lowest BCUT2D eigenvalue weighted by molar-refractivity contribution is -0.150. The van der Waals surface area contributed by atoms with Gasteiger partial charge in [0.2, 0.25) is 0 Å². The summed E-state index contributed by atoms with van der Waals surface area (Å²) in [6, 6.07) is 8.49. The highest BCUT2D eigenvalue weighted by molar-refractivity contribution is 5.80. The van der Waals surface area contributed by atoms with Crippen molar-refractivity contribution in [1.29, 1.82) is 0 Å². The second kappa shape index (κ2) is 3.48. The van der Waals surface area contributed by atoms with Crippen molar-refractivity contribution < 1.29 is 5.11 Å². The van der Waals surface area contributed by atoms with Crippen molar-refractivity contribution >= 4 is 10.9 Å². The van der Waals surface area contributed by atoms with Crippen LogP contribution in [-0.4, -0.2) is 10.1 Å². The van der Waals surface area contributed by atoms with Gasteiger partial charge in [0.05, 0.1) is 0 Å². The molecule has 106 valence electrons. The van der Waals surface area contributed by atoms with Crippen LogP contribution in [0.15, 0.2) is 30.5 Å². The van der Waals surface area contributed by atoms with Gasteiger partial charge in [0.15, 0.2) is 0 Å². The molecule has 2 heteroatoms. The zero-order chi connectivity index (χ0) is 14.2. The van der Waals surface area contributed by atoms with Gasteiger partial charge in [-0.05, 0) is 54.3 Å². The van der Waals surface area contributed by atoms with Crippen molar-refractivity contribution in [1.82, 2.24) is 4.98 Å². The summed E-state index contributed by atoms with van der Waals surface area (Å²) in [6.07, 6.45) is 5.52. The first-order chi connectivity index (χ1) is 9.38. The van der Waals surface area contributed by atoms with Gasteiger partial charge in [0.1, 0.15) is 5.60 Å². The fraction of sp³-hybridized carbons (Fsp3) is 0.556. The van der Waals surface area contributed by atoms with E-state index < -0.39 is 5.60 Å². The second-order valence-corrected chi connectivity index (χ2v) is 7.71. The predicted molar refractivity (Wildman–Crippen MR) is 81.4 cm³/mol. The van der Waals surface area contributed by atoms with Crippen LogP contribution in [0.5, 0.6) is 0 Å². The Kier molecular flexibility index (Phi) is 2.17. The van der Waals surface area contributed by atoms with Gasteiger partial charge in [-0.2, -0.15) is 0 Å². The Morgan fingerprint density at radius 1 is 1.20 bits per heavy atom. The second-order valence-electron chi connectivity index (χ2n) is 7.71. The maximum absolute atomic E-state index is 11.7. The number of fused-ring (bicyclic) bond motifs is 3. The number of aromatic amines is 1. The molecule has 1 heterocycles. The summed E-state index contributed by atoms with van der Waals surface area (Å²) in [6.45, 7) is 6.79. The average molecular weight is 269 g/mol. The number of H-pyrrole nitrogens is 1. The average Bonchev–Trinajstić information content (AvgIpc) is 3.05. The molecule has 2 fully saturated rings. The Morgan fingerprint density at radius 2 is 2.00 bits per heavy atom. The lowest BCUT2D eigenvalue weighted by Crippen LogP contribution is -2.51. The summed E-state index contributed by atoms with van der Waals surface area (Å²) in [7, 11) is 0. The fourth-order valence-electron chi connectivity index (χ4n) is 5.26. The lowest BCUT2D eigenvalue weighted by atomic mass is 9.57. The number of aliphatic hydroxyl groups is 1. The summed E-state index contributed by atoms with van der Waals surface area (Å²) < 4.78 is 0. The van der Waals surface area contributed by atoms with Crippen LogP contribution in [0.1, 0.15) is 45.6 Å². The Labute approximate surface area is 120 Å². The van der Waals surface area contributed by atoms with Crippen LogP contribution in [0.25, 0.3) is 10.9 Å². The fourth-order valence-corrected chi connectivity index (χ4v) is 5.26. The first kappa shape index (κ1) is 12.5. The molecule has 4 rings (SSSR count). The van der Waals surface area contributed by atoms with Crippen molar-refractivity contribution in [2.45, 2.75) is 45.6 Å². The van der Waals surface area contributed by atoms with E-state index in [1.54, 1.807) is 0 Å². The monoisotopic (exact) mass is 269 g/mol. The molecular weight excluding hydrogens is 246 g/mol. The highest BCUT2D eigenvalue weighted by atomic mass is 16.3. The molecule has 0 spiro atoms. The number of hydrogen-bond acceptors (Lipinski definition) is 1. The first-order valence-electron chi connectivity index (χ1n) is 7.68. The van der Waals surface area contributed by atoms with Crippen LogP contribution in [0.2, 0.25) is 0 Å². The van der Waals surface area contributed by atoms with Crippen LogP contribution in [0.3, 0.4) is 0 Å². The molecule has 2 bridgehead atoms. The van der Waals surface area contributed by atoms with Gasteiger partial charge in [-0.1, -0.05) is 26.8 Å². The number of hydrogen-bond donors (Lipinski definition) is 2. The van der Waals surface area contributed by atoms with Gasteiger partial charge in [0, 0.05) is 22.5 Å². The molecule has 2 nitrogen and oxygen atoms in total. The third kappa shape index (κ3) is 1.20. The van der Waals surface area contributed by atoms with Gasteiger partial charge in [-0.15, -0.1) is 0 Å². The molecule has 2 saturated carbocycles. The molecule has 2 aliphatic rings. The topological polar surface area (TPSA) is 36.0 Å². The maximum atomic E-state index is 11.7. The van der Waals surface area contributed by atoms with Crippen molar-refractivity contribution in [3.05, 3.63) is 36.0 Å². The lowest BCUT2D eigenvalue weighted by Gasteiger charge is -2.51. The van der Waals surface area contributed by atoms with Gasteiger partial charge in [-0.25, -0.2) is 0 Å². The molecule has 2 aliphatic carbocycles. The molecule has 2 aromatic rings. The zero-order valence-electron chi connectivity index (χ0n) is 12.5. The number of nitrogens with one attached hydrogen (secondary N) is 1. The summed E-state index contributed by atoms with van der Waals surface area (Å²) in [5.41, 5.74) is 1.49. The van der Waals surface area contributed by atoms with E-state index in [1.165, 1.54) is 11.8 Å². The molecule has 3 atom stereocenters. The SMILES string of the molecule is CC12CCC(C1)C(C)(C)C2(O)c1ccc2[nH]ccc2c1. The molecule has 3 unspecified atom stereocenters. The summed E-state index contributed by atoms with van der Waals surface area (Å²) in [5.74, 6) is 0.638. The van der Waals surface area contributed by atoms with Crippen molar-refractivity contribution in [3.8, 4) is 0 Å². The van der Waals surface area contributed by atoms with E-state index in [-0.39, 0.29) is 10.8 Å². The van der Waals surface area contributed by atoms with Gasteiger partial charge < -0.3 is 10.1 Å². The van der Waals surface area contributed by atoms with Crippen LogP contribution in [0.4, 0.5) is 0 Å². The third-order valence-corrected chi connectivity index (χ3v) is 6.54. The van der Waals surface area contributed by atoms with Crippen LogP contribution in [0, 0.1) is 16.7 Å². The minimum absolute atomic E-state index is 0.0190. The smallest absolute Gasteiger partial charge is 0.100 e. The Bertz CT molecular complexity index is 679. The normalized spacial score (nSPS) is 38.7. The maximum Gasteiger partial charge on any atom is 0.100 e. The van der Waals surface area contributed by atoms with Gasteiger partial charge >= 0.3 is 0 Å². The minimum Gasteiger partial charge on any atom is -0.384 e. The van der Waals surface area contributed by atoms with Crippen molar-refractivity contribution in [2.24, 2.45) is 16.7 Å². The Hall–Kier alpha value is -1.28. The van der Waals surface area contributed by atoms with E-state index in [4.69, 9.17) is 0 Å². The quantitative estimate of drug-likeness (QED) is 0.799. The largest absolute Gasteiger partial charge is 0.384 e.